The summed E-state index contributed by atoms with van der Waals surface area (Å²) < 4.78 is 74.4. The van der Waals surface area contributed by atoms with Crippen molar-refractivity contribution in [3.63, 3.8) is 0 Å². The molecule has 5 rings (SSSR count). The normalized spacial score (nSPS) is 19.9. The van der Waals surface area contributed by atoms with Crippen molar-refractivity contribution >= 4 is 51.6 Å². The molecule has 1 aliphatic heterocycles. The third-order valence-electron chi connectivity index (χ3n) is 7.93. The van der Waals surface area contributed by atoms with Crippen LogP contribution in [0.2, 0.25) is 5.02 Å². The van der Waals surface area contributed by atoms with Gasteiger partial charge in [-0.05, 0) is 55.2 Å². The minimum absolute atomic E-state index is 0.0307. The Kier molecular flexibility index (Phi) is 9.75. The van der Waals surface area contributed by atoms with Crippen molar-refractivity contribution in [3.8, 4) is 11.4 Å². The summed E-state index contributed by atoms with van der Waals surface area (Å²) in [6, 6.07) is 8.82. The van der Waals surface area contributed by atoms with Gasteiger partial charge in [-0.3, -0.25) is 9.69 Å². The van der Waals surface area contributed by atoms with Crippen LogP contribution in [0.5, 0.6) is 0 Å². The summed E-state index contributed by atoms with van der Waals surface area (Å²) >= 11 is 9.70. The molecular weight excluding hydrogens is 749 g/mol. The van der Waals surface area contributed by atoms with Gasteiger partial charge in [0.1, 0.15) is 24.0 Å². The maximum atomic E-state index is 14.7. The second-order valence-corrected chi connectivity index (χ2v) is 12.8. The molecule has 3 N–H and O–H groups in total. The van der Waals surface area contributed by atoms with Crippen molar-refractivity contribution in [3.05, 3.63) is 81.6 Å². The summed E-state index contributed by atoms with van der Waals surface area (Å²) in [6.07, 6.45) is -7.92. The molecule has 1 aromatic heterocycles. The predicted molar refractivity (Wildman–Crippen MR) is 168 cm³/mol. The smallest absolute Gasteiger partial charge is 0.434 e. The topological polar surface area (TPSA) is 151 Å². The standard InChI is InChI=1S/C30H26BrClF5N7O5/c1-15(2)12-29(17-4-6-18(31)7-5-17)23(45)43(25(41-29)40-26(46)47)21(13-49-27(48)42-28(9-10-28)30(35,36)37)16-3-8-20(32)19(11-16)22-38-14-39-44(22)24(33)34/h3-8,11,14,21,24H,1,9-10,12-13H2,2H3,(H,40,41)(H,42,48)(H,46,47)/t21?,29-/m1/s1. The van der Waals surface area contributed by atoms with Crippen LogP contribution in [0.1, 0.15) is 49.9 Å². The Bertz CT molecular complexity index is 1830. The van der Waals surface area contributed by atoms with Gasteiger partial charge in [-0.15, -0.1) is 11.6 Å². The molecule has 49 heavy (non-hydrogen) atoms. The zero-order valence-corrected chi connectivity index (χ0v) is 27.6. The van der Waals surface area contributed by atoms with Crippen LogP contribution >= 0.6 is 27.5 Å². The fraction of sp³-hybridized carbons (Fsp3) is 0.333. The van der Waals surface area contributed by atoms with Crippen molar-refractivity contribution in [2.75, 3.05) is 6.61 Å². The van der Waals surface area contributed by atoms with Crippen molar-refractivity contribution < 1.29 is 46.2 Å². The third kappa shape index (κ3) is 7.10. The Labute approximate surface area is 288 Å². The number of carbonyl (C=O) groups excluding carboxylic acids is 2. The molecule has 0 radical (unpaired) electrons. The molecule has 1 saturated heterocycles. The van der Waals surface area contributed by atoms with Crippen molar-refractivity contribution in [1.82, 2.24) is 30.3 Å². The summed E-state index contributed by atoms with van der Waals surface area (Å²) in [4.78, 5) is 47.7. The summed E-state index contributed by atoms with van der Waals surface area (Å²) in [7, 11) is 0. The number of benzene rings is 2. The highest BCUT2D eigenvalue weighted by Gasteiger charge is 2.64. The number of nitrogens with zero attached hydrogens (tertiary/aromatic N) is 5. The van der Waals surface area contributed by atoms with Gasteiger partial charge in [0.05, 0.1) is 11.1 Å². The second-order valence-electron chi connectivity index (χ2n) is 11.4. The van der Waals surface area contributed by atoms with E-state index in [0.29, 0.717) is 15.6 Å². The zero-order chi connectivity index (χ0) is 35.9. The first-order chi connectivity index (χ1) is 23.0. The lowest BCUT2D eigenvalue weighted by Crippen LogP contribution is -2.49. The number of ether oxygens (including phenoxy) is 1. The number of hydrogen-bond donors (Lipinski definition) is 3. The average molecular weight is 775 g/mol. The van der Waals surface area contributed by atoms with E-state index < -0.39 is 60.5 Å². The SMILES string of the molecule is C=C(C)C[C@]1(c2ccc(Br)cc2)NC(=NC(=O)O)N(C(COC(=O)NC2(C(F)(F)F)CC2)c2ccc(Cl)c(-c3ncnn3C(F)F)c2)C1=O. The molecule has 2 aromatic carbocycles. The number of nitrogens with one attached hydrogen (secondary N) is 2. The minimum atomic E-state index is -4.76. The Morgan fingerprint density at radius 2 is 1.90 bits per heavy atom. The number of rotatable bonds is 10. The van der Waals surface area contributed by atoms with E-state index in [2.05, 4.69) is 42.9 Å². The summed E-state index contributed by atoms with van der Waals surface area (Å²) in [5, 5.41) is 17.9. The minimum Gasteiger partial charge on any atom is -0.463 e. The molecule has 0 spiro atoms. The molecule has 0 bridgehead atoms. The molecule has 19 heteroatoms. The Balaban J connectivity index is 1.64. The number of aromatic nitrogens is 3. The van der Waals surface area contributed by atoms with E-state index in [-0.39, 0.29) is 45.9 Å². The first-order valence-electron chi connectivity index (χ1n) is 14.3. The van der Waals surface area contributed by atoms with Gasteiger partial charge >= 0.3 is 24.9 Å². The first kappa shape index (κ1) is 35.7. The lowest BCUT2D eigenvalue weighted by Gasteiger charge is -2.31. The van der Waals surface area contributed by atoms with E-state index in [0.717, 1.165) is 11.2 Å². The van der Waals surface area contributed by atoms with Crippen molar-refractivity contribution in [1.29, 1.82) is 0 Å². The third-order valence-corrected chi connectivity index (χ3v) is 8.79. The number of aliphatic imine (C=N–C) groups is 1. The number of carboxylic acid groups (broad SMARTS) is 1. The second kappa shape index (κ2) is 13.4. The van der Waals surface area contributed by atoms with Gasteiger partial charge in [-0.1, -0.05) is 51.3 Å². The number of alkyl halides is 5. The van der Waals surface area contributed by atoms with E-state index >= 15 is 0 Å². The van der Waals surface area contributed by atoms with E-state index in [4.69, 9.17) is 16.3 Å². The fourth-order valence-electron chi connectivity index (χ4n) is 5.49. The average Bonchev–Trinajstić information content (AvgIpc) is 3.55. The van der Waals surface area contributed by atoms with Crippen LogP contribution in [0.25, 0.3) is 11.4 Å². The highest BCUT2D eigenvalue weighted by Crippen LogP contribution is 2.49. The maximum absolute atomic E-state index is 14.7. The molecule has 2 heterocycles. The molecule has 3 amide bonds. The number of hydrogen-bond acceptors (Lipinski definition) is 6. The predicted octanol–water partition coefficient (Wildman–Crippen LogP) is 6.95. The number of carbonyl (C=O) groups is 3. The molecule has 3 aromatic rings. The zero-order valence-electron chi connectivity index (χ0n) is 25.3. The molecule has 1 aliphatic carbocycles. The van der Waals surface area contributed by atoms with Crippen LogP contribution < -0.4 is 10.6 Å². The van der Waals surface area contributed by atoms with Gasteiger partial charge in [0.2, 0.25) is 5.96 Å². The van der Waals surface area contributed by atoms with Crippen molar-refractivity contribution in [2.45, 2.75) is 56.0 Å². The molecule has 2 aliphatic rings. The lowest BCUT2D eigenvalue weighted by atomic mass is 9.84. The molecule has 260 valence electrons. The quantitative estimate of drug-likeness (QED) is 0.148. The summed E-state index contributed by atoms with van der Waals surface area (Å²) in [5.74, 6) is -1.69. The van der Waals surface area contributed by atoms with E-state index in [1.54, 1.807) is 31.2 Å². The Morgan fingerprint density at radius 3 is 2.47 bits per heavy atom. The monoisotopic (exact) mass is 773 g/mol. The Morgan fingerprint density at radius 1 is 1.22 bits per heavy atom. The van der Waals surface area contributed by atoms with Crippen molar-refractivity contribution in [2.24, 2.45) is 4.99 Å². The van der Waals surface area contributed by atoms with Crippen LogP contribution in [-0.4, -0.2) is 67.1 Å². The maximum Gasteiger partial charge on any atom is 0.434 e. The summed E-state index contributed by atoms with van der Waals surface area (Å²) in [6.45, 7) is 1.57. The largest absolute Gasteiger partial charge is 0.463 e. The number of amides is 3. The first-order valence-corrected chi connectivity index (χ1v) is 15.5. The highest BCUT2D eigenvalue weighted by molar-refractivity contribution is 9.10. The van der Waals surface area contributed by atoms with Gasteiger partial charge in [-0.2, -0.15) is 31.7 Å². The molecule has 2 fully saturated rings. The molecular formula is C30H26BrClF5N7O5. The van der Waals surface area contributed by atoms with Crippen LogP contribution in [-0.2, 0) is 15.1 Å². The van der Waals surface area contributed by atoms with E-state index in [1.807, 2.05) is 5.32 Å². The van der Waals surface area contributed by atoms with Gasteiger partial charge in [-0.25, -0.2) is 14.6 Å². The van der Waals surface area contributed by atoms with Crippen LogP contribution in [0.3, 0.4) is 0 Å². The molecule has 1 saturated carbocycles. The van der Waals surface area contributed by atoms with Crippen LogP contribution in [0, 0.1) is 0 Å². The molecule has 1 unspecified atom stereocenters. The van der Waals surface area contributed by atoms with Gasteiger partial charge < -0.3 is 20.5 Å². The Hall–Kier alpha value is -4.58. The van der Waals surface area contributed by atoms with Gasteiger partial charge in [0.25, 0.3) is 5.91 Å². The molecule has 2 atom stereocenters. The number of halogens is 7. The van der Waals surface area contributed by atoms with Crippen LogP contribution in [0.4, 0.5) is 31.5 Å². The lowest BCUT2D eigenvalue weighted by molar-refractivity contribution is -0.164. The van der Waals surface area contributed by atoms with E-state index in [9.17, 15) is 41.4 Å². The summed E-state index contributed by atoms with van der Waals surface area (Å²) in [5.41, 5.74) is -3.40. The molecule has 12 nitrogen and oxygen atoms in total. The number of guanidine groups is 1. The number of alkyl carbamates (subject to hydrolysis) is 1. The van der Waals surface area contributed by atoms with Gasteiger partial charge in [0.15, 0.2) is 5.82 Å². The highest BCUT2D eigenvalue weighted by atomic mass is 79.9. The van der Waals surface area contributed by atoms with Crippen LogP contribution in [0.15, 0.2) is 70.4 Å². The van der Waals surface area contributed by atoms with E-state index in [1.165, 1.54) is 18.2 Å². The van der Waals surface area contributed by atoms with Gasteiger partial charge in [0, 0.05) is 16.5 Å². The fourth-order valence-corrected chi connectivity index (χ4v) is 5.96.